The number of aliphatic hydroxyl groups is 1. The van der Waals surface area contributed by atoms with Crippen molar-refractivity contribution in [3.8, 4) is 0 Å². The summed E-state index contributed by atoms with van der Waals surface area (Å²) < 4.78 is 35.8. The molecule has 0 aliphatic rings. The predicted octanol–water partition coefficient (Wildman–Crippen LogP) is 6.21. The topological polar surface area (TPSA) is 113 Å². The Balaban J connectivity index is 1.29. The van der Waals surface area contributed by atoms with Crippen molar-refractivity contribution in [1.82, 2.24) is 14.8 Å². The summed E-state index contributed by atoms with van der Waals surface area (Å²) >= 11 is 0. The maximum atomic E-state index is 12.7. The van der Waals surface area contributed by atoms with E-state index < -0.39 is 16.1 Å². The summed E-state index contributed by atoms with van der Waals surface area (Å²) in [5.74, 6) is -0.315. The standard InChI is InChI=1S/C36H48N4O5S/c1-26(2)40(27(3)4)21-22-45-35(42)30-15-16-33-28(23-30)17-19-39(33)20-18-36(5,6)37-25-34(41)29-11-10-12-31(24-29)38-46(43,44)32-13-8-7-9-14-32/h7-17,19,23-24,26-27,34,37-38,41H,18,20-22,25H2,1-6H3/t34-/m0/s1. The van der Waals surface area contributed by atoms with Gasteiger partial charge in [-0.25, -0.2) is 13.2 Å². The summed E-state index contributed by atoms with van der Waals surface area (Å²) in [6.45, 7) is 14.8. The highest BCUT2D eigenvalue weighted by atomic mass is 32.2. The average Bonchev–Trinajstić information content (AvgIpc) is 3.43. The number of aliphatic hydroxyl groups excluding tert-OH is 1. The van der Waals surface area contributed by atoms with Crippen molar-refractivity contribution in [3.05, 3.63) is 96.2 Å². The number of aryl methyl sites for hydroxylation is 1. The van der Waals surface area contributed by atoms with Gasteiger partial charge in [-0.2, -0.15) is 0 Å². The van der Waals surface area contributed by atoms with E-state index in [9.17, 15) is 18.3 Å². The van der Waals surface area contributed by atoms with Gasteiger partial charge in [0.05, 0.1) is 16.6 Å². The number of anilines is 1. The molecule has 9 nitrogen and oxygen atoms in total. The normalized spacial score (nSPS) is 13.1. The monoisotopic (exact) mass is 648 g/mol. The molecule has 3 aromatic carbocycles. The van der Waals surface area contributed by atoms with Crippen LogP contribution in [0.15, 0.2) is 90.0 Å². The average molecular weight is 649 g/mol. The van der Waals surface area contributed by atoms with Crippen molar-refractivity contribution >= 4 is 32.6 Å². The maximum Gasteiger partial charge on any atom is 0.338 e. The Hall–Kier alpha value is -3.70. The number of sulfonamides is 1. The zero-order valence-electron chi connectivity index (χ0n) is 27.7. The Morgan fingerprint density at radius 2 is 1.67 bits per heavy atom. The van der Waals surface area contributed by atoms with E-state index >= 15 is 0 Å². The minimum Gasteiger partial charge on any atom is -0.461 e. The fourth-order valence-electron chi connectivity index (χ4n) is 5.56. The number of ether oxygens (including phenoxy) is 1. The molecule has 0 amide bonds. The Morgan fingerprint density at radius 1 is 0.957 bits per heavy atom. The molecule has 1 aromatic heterocycles. The number of hydrogen-bond acceptors (Lipinski definition) is 7. The van der Waals surface area contributed by atoms with Crippen molar-refractivity contribution in [1.29, 1.82) is 0 Å². The minimum absolute atomic E-state index is 0.175. The molecule has 0 saturated heterocycles. The second kappa shape index (κ2) is 15.3. The van der Waals surface area contributed by atoms with Gasteiger partial charge >= 0.3 is 5.97 Å². The molecule has 0 unspecified atom stereocenters. The van der Waals surface area contributed by atoms with Crippen molar-refractivity contribution in [2.24, 2.45) is 0 Å². The number of β-amino-alcohol motifs (C(OH)–C–C–N with tert-alkyl or cyclic N) is 1. The second-order valence-electron chi connectivity index (χ2n) is 12.9. The highest BCUT2D eigenvalue weighted by Crippen LogP contribution is 2.23. The number of fused-ring (bicyclic) bond motifs is 1. The SMILES string of the molecule is CC(C)N(CCOC(=O)c1ccc2c(ccn2CCC(C)(C)NC[C@H](O)c2cccc(NS(=O)(=O)c3ccccc3)c2)c1)C(C)C. The van der Waals surface area contributed by atoms with E-state index in [4.69, 9.17) is 4.74 Å². The highest BCUT2D eigenvalue weighted by molar-refractivity contribution is 7.92. The van der Waals surface area contributed by atoms with Crippen molar-refractivity contribution < 1.29 is 23.1 Å². The number of benzene rings is 3. The number of carbonyl (C=O) groups excluding carboxylic acids is 1. The van der Waals surface area contributed by atoms with Crippen LogP contribution in [0, 0.1) is 0 Å². The molecule has 1 heterocycles. The molecule has 0 saturated carbocycles. The summed E-state index contributed by atoms with van der Waals surface area (Å²) in [5.41, 5.74) is 2.28. The number of rotatable bonds is 16. The predicted molar refractivity (Wildman–Crippen MR) is 185 cm³/mol. The van der Waals surface area contributed by atoms with Crippen LogP contribution in [0.5, 0.6) is 0 Å². The second-order valence-corrected chi connectivity index (χ2v) is 14.6. The summed E-state index contributed by atoms with van der Waals surface area (Å²) in [4.78, 5) is 15.2. The Labute approximate surface area is 273 Å². The summed E-state index contributed by atoms with van der Waals surface area (Å²) in [6.07, 6.45) is 1.98. The first kappa shape index (κ1) is 35.2. The van der Waals surface area contributed by atoms with Gasteiger partial charge in [-0.05, 0) is 102 Å². The molecule has 10 heteroatoms. The van der Waals surface area contributed by atoms with Crippen molar-refractivity contribution in [2.45, 2.75) is 83.1 Å². The molecule has 0 fully saturated rings. The summed E-state index contributed by atoms with van der Waals surface area (Å²) in [7, 11) is -3.73. The zero-order chi connectivity index (χ0) is 33.5. The lowest BCUT2D eigenvalue weighted by Gasteiger charge is -2.30. The van der Waals surface area contributed by atoms with E-state index in [0.717, 1.165) is 23.9 Å². The van der Waals surface area contributed by atoms with Gasteiger partial charge in [-0.15, -0.1) is 0 Å². The molecule has 1 atom stereocenters. The van der Waals surface area contributed by atoms with Gasteiger partial charge in [-0.1, -0.05) is 30.3 Å². The number of aromatic nitrogens is 1. The van der Waals surface area contributed by atoms with Crippen LogP contribution >= 0.6 is 0 Å². The first-order valence-corrected chi connectivity index (χ1v) is 17.4. The smallest absolute Gasteiger partial charge is 0.338 e. The van der Waals surface area contributed by atoms with Crippen LogP contribution in [0.1, 0.15) is 70.0 Å². The molecule has 0 bridgehead atoms. The Kier molecular flexibility index (Phi) is 11.7. The highest BCUT2D eigenvalue weighted by Gasteiger charge is 2.21. The molecule has 0 radical (unpaired) electrons. The Morgan fingerprint density at radius 3 is 2.37 bits per heavy atom. The van der Waals surface area contributed by atoms with Crippen LogP contribution in [-0.4, -0.2) is 66.3 Å². The fourth-order valence-corrected chi connectivity index (χ4v) is 6.63. The molecule has 46 heavy (non-hydrogen) atoms. The third-order valence-electron chi connectivity index (χ3n) is 8.24. The lowest BCUT2D eigenvalue weighted by Crippen LogP contribution is -2.42. The number of hydrogen-bond donors (Lipinski definition) is 3. The van der Waals surface area contributed by atoms with Crippen molar-refractivity contribution in [2.75, 3.05) is 24.4 Å². The van der Waals surface area contributed by atoms with Crippen LogP contribution in [0.2, 0.25) is 0 Å². The lowest BCUT2D eigenvalue weighted by molar-refractivity contribution is 0.0417. The minimum atomic E-state index is -3.73. The molecule has 0 aliphatic heterocycles. The van der Waals surface area contributed by atoms with E-state index in [-0.39, 0.29) is 16.4 Å². The molecule has 248 valence electrons. The number of esters is 1. The first-order valence-electron chi connectivity index (χ1n) is 15.9. The van der Waals surface area contributed by atoms with Gasteiger partial charge in [-0.3, -0.25) is 9.62 Å². The third kappa shape index (κ3) is 9.42. The third-order valence-corrected chi connectivity index (χ3v) is 9.64. The Bertz CT molecular complexity index is 1690. The van der Waals surface area contributed by atoms with Crippen LogP contribution < -0.4 is 10.0 Å². The number of nitrogens with one attached hydrogen (secondary N) is 2. The van der Waals surface area contributed by atoms with Gasteiger partial charge in [0.2, 0.25) is 0 Å². The molecule has 0 spiro atoms. The summed E-state index contributed by atoms with van der Waals surface area (Å²) in [6, 6.07) is 23.4. The van der Waals surface area contributed by atoms with E-state index in [2.05, 4.69) is 61.0 Å². The molecular weight excluding hydrogens is 600 g/mol. The first-order chi connectivity index (χ1) is 21.8. The lowest BCUT2D eigenvalue weighted by atomic mass is 9.99. The van der Waals surface area contributed by atoms with Crippen LogP contribution in [0.4, 0.5) is 5.69 Å². The van der Waals surface area contributed by atoms with Crippen LogP contribution in [-0.2, 0) is 21.3 Å². The molecule has 3 N–H and O–H groups in total. The van der Waals surface area contributed by atoms with E-state index in [1.54, 1.807) is 42.5 Å². The van der Waals surface area contributed by atoms with E-state index in [1.165, 1.54) is 12.1 Å². The summed E-state index contributed by atoms with van der Waals surface area (Å²) in [5, 5.41) is 15.4. The van der Waals surface area contributed by atoms with Gasteiger partial charge in [0.25, 0.3) is 10.0 Å². The van der Waals surface area contributed by atoms with Crippen LogP contribution in [0.3, 0.4) is 0 Å². The molecular formula is C36H48N4O5S. The van der Waals surface area contributed by atoms with Gasteiger partial charge in [0.1, 0.15) is 6.61 Å². The molecule has 0 aliphatic carbocycles. The van der Waals surface area contributed by atoms with Gasteiger partial charge in [0.15, 0.2) is 0 Å². The molecule has 4 rings (SSSR count). The fraction of sp³-hybridized carbons (Fsp3) is 0.417. The van der Waals surface area contributed by atoms with Crippen LogP contribution in [0.25, 0.3) is 10.9 Å². The zero-order valence-corrected chi connectivity index (χ0v) is 28.5. The number of nitrogens with zero attached hydrogens (tertiary/aromatic N) is 2. The molecule has 4 aromatic rings. The largest absolute Gasteiger partial charge is 0.461 e. The quantitative estimate of drug-likeness (QED) is 0.124. The number of carbonyl (C=O) groups is 1. The van der Waals surface area contributed by atoms with Gasteiger partial charge in [0, 0.05) is 60.0 Å². The van der Waals surface area contributed by atoms with E-state index in [0.29, 0.717) is 48.6 Å². The maximum absolute atomic E-state index is 12.7. The van der Waals surface area contributed by atoms with Gasteiger partial charge < -0.3 is 19.7 Å². The van der Waals surface area contributed by atoms with Crippen molar-refractivity contribution in [3.63, 3.8) is 0 Å². The van der Waals surface area contributed by atoms with E-state index in [1.807, 2.05) is 30.5 Å².